The van der Waals surface area contributed by atoms with Gasteiger partial charge in [0, 0.05) is 20.1 Å². The van der Waals surface area contributed by atoms with Crippen LogP contribution >= 0.6 is 0 Å². The minimum absolute atomic E-state index is 0.123. The predicted octanol–water partition coefficient (Wildman–Crippen LogP) is 3.34. The zero-order valence-corrected chi connectivity index (χ0v) is 14.8. The number of nitriles is 1. The summed E-state index contributed by atoms with van der Waals surface area (Å²) in [5.41, 5.74) is 1.13. The van der Waals surface area contributed by atoms with E-state index >= 15 is 0 Å². The zero-order chi connectivity index (χ0) is 19.0. The first-order chi connectivity index (χ1) is 13.1. The van der Waals surface area contributed by atoms with Crippen LogP contribution in [0.5, 0.6) is 11.5 Å². The molecule has 0 amide bonds. The quantitative estimate of drug-likeness (QED) is 0.713. The van der Waals surface area contributed by atoms with E-state index in [4.69, 9.17) is 4.74 Å². The van der Waals surface area contributed by atoms with Crippen LogP contribution in [-0.4, -0.2) is 22.6 Å². The molecule has 0 atom stereocenters. The monoisotopic (exact) mass is 364 g/mol. The van der Waals surface area contributed by atoms with Crippen molar-refractivity contribution >= 4 is 16.6 Å². The lowest BCUT2D eigenvalue weighted by Gasteiger charge is -2.21. The van der Waals surface area contributed by atoms with Gasteiger partial charge in [0.1, 0.15) is 17.4 Å². The molecule has 4 rings (SSSR count). The Hall–Kier alpha value is -3.40. The molecule has 6 nitrogen and oxygen atoms in total. The van der Waals surface area contributed by atoms with Crippen LogP contribution in [0.4, 0.5) is 10.1 Å². The Morgan fingerprint density at radius 3 is 2.74 bits per heavy atom. The maximum Gasteiger partial charge on any atom is 0.261 e. The van der Waals surface area contributed by atoms with Crippen LogP contribution < -0.4 is 15.2 Å². The second-order valence-electron chi connectivity index (χ2n) is 6.52. The Balaban J connectivity index is 1.79. The minimum atomic E-state index is -0.617. The van der Waals surface area contributed by atoms with Crippen LogP contribution in [0.1, 0.15) is 18.4 Å². The standard InChI is InChI=1S/C20H17FN4O2/c1-24-12-23-17-6-4-13(10-14(17)20(24)26)27-19-15(11-22)18(7-5-16(19)21)25-8-2-3-9-25/h4-7,10,12H,2-3,8-9H2,1H3. The van der Waals surface area contributed by atoms with Crippen molar-refractivity contribution in [2.45, 2.75) is 12.8 Å². The van der Waals surface area contributed by atoms with Crippen molar-refractivity contribution in [2.24, 2.45) is 7.05 Å². The highest BCUT2D eigenvalue weighted by Gasteiger charge is 2.22. The van der Waals surface area contributed by atoms with Crippen molar-refractivity contribution < 1.29 is 9.13 Å². The molecule has 0 N–H and O–H groups in total. The summed E-state index contributed by atoms with van der Waals surface area (Å²) in [6.45, 7) is 1.66. The summed E-state index contributed by atoms with van der Waals surface area (Å²) in [5.74, 6) is -0.461. The van der Waals surface area contributed by atoms with Gasteiger partial charge in [0.25, 0.3) is 5.56 Å². The fraction of sp³-hybridized carbons (Fsp3) is 0.250. The second-order valence-corrected chi connectivity index (χ2v) is 6.52. The third-order valence-corrected chi connectivity index (χ3v) is 4.75. The number of nitrogens with zero attached hydrogens (tertiary/aromatic N) is 4. The van der Waals surface area contributed by atoms with Crippen molar-refractivity contribution in [3.8, 4) is 17.6 Å². The Morgan fingerprint density at radius 2 is 2.00 bits per heavy atom. The fourth-order valence-electron chi connectivity index (χ4n) is 3.35. The van der Waals surface area contributed by atoms with Gasteiger partial charge in [-0.15, -0.1) is 0 Å². The average molecular weight is 364 g/mol. The molecule has 3 aromatic rings. The number of anilines is 1. The summed E-state index contributed by atoms with van der Waals surface area (Å²) >= 11 is 0. The van der Waals surface area contributed by atoms with Gasteiger partial charge in [-0.3, -0.25) is 4.79 Å². The van der Waals surface area contributed by atoms with E-state index < -0.39 is 5.82 Å². The minimum Gasteiger partial charge on any atom is -0.453 e. The molecular weight excluding hydrogens is 347 g/mol. The van der Waals surface area contributed by atoms with E-state index in [0.717, 1.165) is 25.9 Å². The molecule has 136 valence electrons. The second kappa shape index (κ2) is 6.72. The van der Waals surface area contributed by atoms with Crippen molar-refractivity contribution in [1.82, 2.24) is 9.55 Å². The van der Waals surface area contributed by atoms with Gasteiger partial charge >= 0.3 is 0 Å². The molecule has 0 spiro atoms. The van der Waals surface area contributed by atoms with Crippen molar-refractivity contribution in [1.29, 1.82) is 5.26 Å². The lowest BCUT2D eigenvalue weighted by molar-refractivity contribution is 0.441. The van der Waals surface area contributed by atoms with Gasteiger partial charge < -0.3 is 14.2 Å². The molecule has 0 unspecified atom stereocenters. The van der Waals surface area contributed by atoms with Crippen LogP contribution in [0.15, 0.2) is 41.5 Å². The smallest absolute Gasteiger partial charge is 0.261 e. The highest BCUT2D eigenvalue weighted by atomic mass is 19.1. The van der Waals surface area contributed by atoms with Crippen LogP contribution in [0.25, 0.3) is 10.9 Å². The molecule has 1 aliphatic rings. The highest BCUT2D eigenvalue weighted by Crippen LogP contribution is 2.36. The van der Waals surface area contributed by atoms with Gasteiger partial charge in [0.15, 0.2) is 11.6 Å². The van der Waals surface area contributed by atoms with Gasteiger partial charge in [-0.25, -0.2) is 9.37 Å². The van der Waals surface area contributed by atoms with E-state index in [1.807, 2.05) is 0 Å². The molecule has 1 fully saturated rings. The van der Waals surface area contributed by atoms with Gasteiger partial charge in [0.2, 0.25) is 0 Å². The topological polar surface area (TPSA) is 71.2 Å². The van der Waals surface area contributed by atoms with Crippen LogP contribution in [0.3, 0.4) is 0 Å². The molecule has 2 aromatic carbocycles. The van der Waals surface area contributed by atoms with Gasteiger partial charge in [0.05, 0.1) is 22.9 Å². The number of aromatic nitrogens is 2. The summed E-state index contributed by atoms with van der Waals surface area (Å²) in [7, 11) is 1.61. The highest BCUT2D eigenvalue weighted by molar-refractivity contribution is 5.79. The van der Waals surface area contributed by atoms with Crippen molar-refractivity contribution in [3.05, 3.63) is 58.4 Å². The summed E-state index contributed by atoms with van der Waals surface area (Å²) in [4.78, 5) is 18.5. The molecule has 1 aromatic heterocycles. The van der Waals surface area contributed by atoms with Crippen LogP contribution in [0, 0.1) is 17.1 Å². The zero-order valence-electron chi connectivity index (χ0n) is 14.8. The van der Waals surface area contributed by atoms with E-state index in [1.165, 1.54) is 23.0 Å². The molecule has 7 heteroatoms. The number of hydrogen-bond acceptors (Lipinski definition) is 5. The number of benzene rings is 2. The number of aryl methyl sites for hydroxylation is 1. The van der Waals surface area contributed by atoms with Crippen molar-refractivity contribution in [3.63, 3.8) is 0 Å². The lowest BCUT2D eigenvalue weighted by atomic mass is 10.1. The Morgan fingerprint density at radius 1 is 1.22 bits per heavy atom. The number of halogens is 1. The summed E-state index contributed by atoms with van der Waals surface area (Å²) < 4.78 is 21.6. The number of rotatable bonds is 3. The van der Waals surface area contributed by atoms with Gasteiger partial charge in [-0.05, 0) is 43.2 Å². The Bertz CT molecular complexity index is 1130. The van der Waals surface area contributed by atoms with E-state index in [9.17, 15) is 14.4 Å². The summed E-state index contributed by atoms with van der Waals surface area (Å²) in [6.07, 6.45) is 3.52. The Kier molecular flexibility index (Phi) is 4.24. The first-order valence-corrected chi connectivity index (χ1v) is 8.69. The van der Waals surface area contributed by atoms with Crippen LogP contribution in [-0.2, 0) is 7.05 Å². The normalized spacial score (nSPS) is 13.7. The number of ether oxygens (including phenoxy) is 1. The third kappa shape index (κ3) is 2.99. The van der Waals surface area contributed by atoms with Crippen molar-refractivity contribution in [2.75, 3.05) is 18.0 Å². The molecule has 0 aliphatic carbocycles. The third-order valence-electron chi connectivity index (χ3n) is 4.75. The molecule has 27 heavy (non-hydrogen) atoms. The maximum atomic E-state index is 14.5. The summed E-state index contributed by atoms with van der Waals surface area (Å²) in [6, 6.07) is 9.77. The van der Waals surface area contributed by atoms with E-state index in [1.54, 1.807) is 25.2 Å². The molecule has 0 bridgehead atoms. The van der Waals surface area contributed by atoms with Gasteiger partial charge in [-0.2, -0.15) is 5.26 Å². The maximum absolute atomic E-state index is 14.5. The molecule has 1 saturated heterocycles. The van der Waals surface area contributed by atoms with E-state index in [-0.39, 0.29) is 22.6 Å². The molecule has 0 saturated carbocycles. The largest absolute Gasteiger partial charge is 0.453 e. The average Bonchev–Trinajstić information content (AvgIpc) is 3.21. The first kappa shape index (κ1) is 17.0. The summed E-state index contributed by atoms with van der Waals surface area (Å²) in [5, 5.41) is 10.00. The molecular formula is C20H17FN4O2. The number of hydrogen-bond donors (Lipinski definition) is 0. The van der Waals surface area contributed by atoms with Crippen LogP contribution in [0.2, 0.25) is 0 Å². The molecule has 2 heterocycles. The van der Waals surface area contributed by atoms with Gasteiger partial charge in [-0.1, -0.05) is 0 Å². The lowest BCUT2D eigenvalue weighted by Crippen LogP contribution is -2.19. The SMILES string of the molecule is Cn1cnc2ccc(Oc3c(F)ccc(N4CCCC4)c3C#N)cc2c1=O. The molecule has 0 radical (unpaired) electrons. The van der Waals surface area contributed by atoms with E-state index in [0.29, 0.717) is 16.6 Å². The fourth-order valence-corrected chi connectivity index (χ4v) is 3.35. The Labute approximate surface area is 155 Å². The predicted molar refractivity (Wildman–Crippen MR) is 99.6 cm³/mol. The first-order valence-electron chi connectivity index (χ1n) is 8.69. The molecule has 1 aliphatic heterocycles. The number of fused-ring (bicyclic) bond motifs is 1. The van der Waals surface area contributed by atoms with E-state index in [2.05, 4.69) is 16.0 Å².